The number of nitrogens with zero attached hydrogens (tertiary/aromatic N) is 1. The molecule has 0 unspecified atom stereocenters. The number of anilines is 2. The number of thiazole rings is 1. The minimum Gasteiger partial charge on any atom is -0.494 e. The SMILES string of the molecule is CCOc1ccc2nc(NC(=O)Nc3ccc(Cl)cc3)sc2c1. The number of fused-ring (bicyclic) bond motifs is 1. The Hall–Kier alpha value is -2.31. The number of amides is 2. The first-order valence-corrected chi connectivity index (χ1v) is 8.20. The summed E-state index contributed by atoms with van der Waals surface area (Å²) in [5.41, 5.74) is 1.48. The first-order chi connectivity index (χ1) is 11.1. The van der Waals surface area contributed by atoms with Crippen molar-refractivity contribution in [2.24, 2.45) is 0 Å². The van der Waals surface area contributed by atoms with Crippen molar-refractivity contribution in [1.82, 2.24) is 4.98 Å². The molecule has 118 valence electrons. The Bertz CT molecular complexity index is 833. The van der Waals surface area contributed by atoms with Crippen LogP contribution in [0, 0.1) is 0 Å². The average molecular weight is 348 g/mol. The molecule has 0 atom stereocenters. The molecule has 3 rings (SSSR count). The number of carbonyl (C=O) groups is 1. The molecule has 0 radical (unpaired) electrons. The van der Waals surface area contributed by atoms with Crippen molar-refractivity contribution in [3.8, 4) is 5.75 Å². The van der Waals surface area contributed by atoms with Crippen LogP contribution < -0.4 is 15.4 Å². The van der Waals surface area contributed by atoms with Gasteiger partial charge in [-0.05, 0) is 49.4 Å². The van der Waals surface area contributed by atoms with Crippen molar-refractivity contribution in [2.45, 2.75) is 6.92 Å². The maximum atomic E-state index is 12.0. The fraction of sp³-hybridized carbons (Fsp3) is 0.125. The molecule has 0 aliphatic rings. The van der Waals surface area contributed by atoms with E-state index in [0.717, 1.165) is 16.0 Å². The quantitative estimate of drug-likeness (QED) is 0.698. The van der Waals surface area contributed by atoms with Gasteiger partial charge in [0.05, 0.1) is 16.8 Å². The molecule has 0 fully saturated rings. The number of benzene rings is 2. The Morgan fingerprint density at radius 1 is 1.22 bits per heavy atom. The van der Waals surface area contributed by atoms with Crippen molar-refractivity contribution < 1.29 is 9.53 Å². The number of nitrogens with one attached hydrogen (secondary N) is 2. The standard InChI is InChI=1S/C16H14ClN3O2S/c1-2-22-12-7-8-13-14(9-12)23-16(19-13)20-15(21)18-11-5-3-10(17)4-6-11/h3-9H,2H2,1H3,(H2,18,19,20,21). The van der Waals surface area contributed by atoms with Crippen LogP contribution in [0.25, 0.3) is 10.2 Å². The van der Waals surface area contributed by atoms with E-state index in [9.17, 15) is 4.79 Å². The van der Waals surface area contributed by atoms with Gasteiger partial charge in [-0.1, -0.05) is 22.9 Å². The van der Waals surface area contributed by atoms with Crippen LogP contribution in [0.4, 0.5) is 15.6 Å². The average Bonchev–Trinajstić information content (AvgIpc) is 2.91. The molecule has 7 heteroatoms. The lowest BCUT2D eigenvalue weighted by Gasteiger charge is -2.04. The largest absolute Gasteiger partial charge is 0.494 e. The van der Waals surface area contributed by atoms with Gasteiger partial charge in [0.2, 0.25) is 0 Å². The van der Waals surface area contributed by atoms with Gasteiger partial charge in [0.25, 0.3) is 0 Å². The highest BCUT2D eigenvalue weighted by Crippen LogP contribution is 2.29. The lowest BCUT2D eigenvalue weighted by atomic mass is 10.3. The topological polar surface area (TPSA) is 63.2 Å². The van der Waals surface area contributed by atoms with E-state index in [1.165, 1.54) is 11.3 Å². The molecule has 0 spiro atoms. The van der Waals surface area contributed by atoms with Gasteiger partial charge in [-0.15, -0.1) is 0 Å². The zero-order valence-electron chi connectivity index (χ0n) is 12.3. The predicted octanol–water partition coefficient (Wildman–Crippen LogP) is 4.99. The summed E-state index contributed by atoms with van der Waals surface area (Å²) in [6.07, 6.45) is 0. The summed E-state index contributed by atoms with van der Waals surface area (Å²) in [6, 6.07) is 12.2. The number of hydrogen-bond acceptors (Lipinski definition) is 4. The van der Waals surface area contributed by atoms with Crippen LogP contribution in [-0.4, -0.2) is 17.6 Å². The fourth-order valence-electron chi connectivity index (χ4n) is 2.01. The third-order valence-corrected chi connectivity index (χ3v) is 4.18. The number of carbonyl (C=O) groups excluding carboxylic acids is 1. The third kappa shape index (κ3) is 3.91. The number of aromatic nitrogens is 1. The zero-order chi connectivity index (χ0) is 16.2. The molecule has 2 amide bonds. The Kier molecular flexibility index (Phi) is 4.64. The Labute approximate surface area is 142 Å². The molecule has 2 aromatic carbocycles. The van der Waals surface area contributed by atoms with Gasteiger partial charge < -0.3 is 10.1 Å². The summed E-state index contributed by atoms with van der Waals surface area (Å²) in [5.74, 6) is 0.792. The number of ether oxygens (including phenoxy) is 1. The summed E-state index contributed by atoms with van der Waals surface area (Å²) >= 11 is 7.21. The van der Waals surface area contributed by atoms with Gasteiger partial charge in [0.15, 0.2) is 5.13 Å². The van der Waals surface area contributed by atoms with Crippen LogP contribution in [-0.2, 0) is 0 Å². The van der Waals surface area contributed by atoms with Gasteiger partial charge in [0, 0.05) is 10.7 Å². The molecule has 0 saturated carbocycles. The van der Waals surface area contributed by atoms with Crippen molar-refractivity contribution >= 4 is 50.0 Å². The molecule has 23 heavy (non-hydrogen) atoms. The van der Waals surface area contributed by atoms with E-state index in [2.05, 4.69) is 15.6 Å². The van der Waals surface area contributed by atoms with E-state index in [-0.39, 0.29) is 6.03 Å². The number of urea groups is 1. The molecule has 3 aromatic rings. The maximum Gasteiger partial charge on any atom is 0.325 e. The summed E-state index contributed by atoms with van der Waals surface area (Å²) in [7, 11) is 0. The van der Waals surface area contributed by atoms with E-state index < -0.39 is 0 Å². The molecule has 0 aliphatic carbocycles. The smallest absolute Gasteiger partial charge is 0.325 e. The third-order valence-electron chi connectivity index (χ3n) is 2.99. The second-order valence-corrected chi connectivity index (χ2v) is 6.13. The molecule has 0 bridgehead atoms. The predicted molar refractivity (Wildman–Crippen MR) is 94.9 cm³/mol. The van der Waals surface area contributed by atoms with Crippen LogP contribution >= 0.6 is 22.9 Å². The minimum absolute atomic E-state index is 0.351. The Morgan fingerprint density at radius 3 is 2.74 bits per heavy atom. The maximum absolute atomic E-state index is 12.0. The van der Waals surface area contributed by atoms with Crippen LogP contribution in [0.1, 0.15) is 6.92 Å². The lowest BCUT2D eigenvalue weighted by Crippen LogP contribution is -2.19. The summed E-state index contributed by atoms with van der Waals surface area (Å²) in [6.45, 7) is 2.55. The van der Waals surface area contributed by atoms with Crippen LogP contribution in [0.3, 0.4) is 0 Å². The highest BCUT2D eigenvalue weighted by atomic mass is 35.5. The molecular weight excluding hydrogens is 334 g/mol. The highest BCUT2D eigenvalue weighted by Gasteiger charge is 2.09. The highest BCUT2D eigenvalue weighted by molar-refractivity contribution is 7.22. The number of rotatable bonds is 4. The van der Waals surface area contributed by atoms with Crippen molar-refractivity contribution in [2.75, 3.05) is 17.2 Å². The van der Waals surface area contributed by atoms with E-state index in [4.69, 9.17) is 16.3 Å². The lowest BCUT2D eigenvalue weighted by molar-refractivity contribution is 0.262. The Balaban J connectivity index is 1.70. The van der Waals surface area contributed by atoms with Crippen LogP contribution in [0.5, 0.6) is 5.75 Å². The van der Waals surface area contributed by atoms with E-state index in [0.29, 0.717) is 22.4 Å². The summed E-state index contributed by atoms with van der Waals surface area (Å²) < 4.78 is 6.42. The van der Waals surface area contributed by atoms with Crippen LogP contribution in [0.15, 0.2) is 42.5 Å². The van der Waals surface area contributed by atoms with Gasteiger partial charge in [0.1, 0.15) is 5.75 Å². The molecule has 0 saturated heterocycles. The minimum atomic E-state index is -0.351. The molecule has 5 nitrogen and oxygen atoms in total. The molecule has 2 N–H and O–H groups in total. The Morgan fingerprint density at radius 2 is 2.00 bits per heavy atom. The van der Waals surface area contributed by atoms with Gasteiger partial charge in [-0.3, -0.25) is 5.32 Å². The van der Waals surface area contributed by atoms with E-state index >= 15 is 0 Å². The zero-order valence-corrected chi connectivity index (χ0v) is 13.9. The summed E-state index contributed by atoms with van der Waals surface area (Å²) in [4.78, 5) is 16.4. The second-order valence-electron chi connectivity index (χ2n) is 4.67. The first kappa shape index (κ1) is 15.6. The normalized spacial score (nSPS) is 10.5. The van der Waals surface area contributed by atoms with Crippen LogP contribution in [0.2, 0.25) is 5.02 Å². The number of hydrogen-bond donors (Lipinski definition) is 2. The molecule has 0 aliphatic heterocycles. The van der Waals surface area contributed by atoms with Gasteiger partial charge in [-0.2, -0.15) is 0 Å². The van der Waals surface area contributed by atoms with Crippen molar-refractivity contribution in [3.63, 3.8) is 0 Å². The fourth-order valence-corrected chi connectivity index (χ4v) is 3.02. The monoisotopic (exact) mass is 347 g/mol. The molecule has 1 heterocycles. The van der Waals surface area contributed by atoms with Crippen molar-refractivity contribution in [3.05, 3.63) is 47.5 Å². The van der Waals surface area contributed by atoms with E-state index in [1.807, 2.05) is 25.1 Å². The first-order valence-electron chi connectivity index (χ1n) is 7.01. The molecule has 1 aromatic heterocycles. The van der Waals surface area contributed by atoms with Crippen molar-refractivity contribution in [1.29, 1.82) is 0 Å². The number of halogens is 1. The second kappa shape index (κ2) is 6.85. The summed E-state index contributed by atoms with van der Waals surface area (Å²) in [5, 5.41) is 6.60. The molecular formula is C16H14ClN3O2S. The van der Waals surface area contributed by atoms with E-state index in [1.54, 1.807) is 24.3 Å². The van der Waals surface area contributed by atoms with Gasteiger partial charge >= 0.3 is 6.03 Å². The van der Waals surface area contributed by atoms with Gasteiger partial charge in [-0.25, -0.2) is 9.78 Å².